The molecule has 0 heterocycles. The minimum Gasteiger partial charge on any atom is -0.356 e. The summed E-state index contributed by atoms with van der Waals surface area (Å²) >= 11 is 0. The molecular formula is C13H27ClN2O. The van der Waals surface area contributed by atoms with Gasteiger partial charge in [0.1, 0.15) is 0 Å². The predicted octanol–water partition coefficient (Wildman–Crippen LogP) is 2.35. The Balaban J connectivity index is 0.00000256. The van der Waals surface area contributed by atoms with Gasteiger partial charge in [0.15, 0.2) is 0 Å². The standard InChI is InChI=1S/C13H26N2O.ClH/c1-11-5-3-6-12(9-11)10-13(16)15-8-4-7-14-2;/h11-12,14H,3-10H2,1-2H3,(H,15,16);1H. The van der Waals surface area contributed by atoms with E-state index in [0.717, 1.165) is 31.8 Å². The molecule has 2 atom stereocenters. The SMILES string of the molecule is CNCCCNC(=O)CC1CCCC(C)C1.Cl. The summed E-state index contributed by atoms with van der Waals surface area (Å²) < 4.78 is 0. The van der Waals surface area contributed by atoms with Crippen molar-refractivity contribution in [3.63, 3.8) is 0 Å². The fraction of sp³-hybridized carbons (Fsp3) is 0.923. The van der Waals surface area contributed by atoms with E-state index in [2.05, 4.69) is 17.6 Å². The molecule has 2 N–H and O–H groups in total. The Hall–Kier alpha value is -0.280. The van der Waals surface area contributed by atoms with Crippen LogP contribution in [0.4, 0.5) is 0 Å². The summed E-state index contributed by atoms with van der Waals surface area (Å²) in [6, 6.07) is 0. The van der Waals surface area contributed by atoms with E-state index in [0.29, 0.717) is 5.92 Å². The van der Waals surface area contributed by atoms with Gasteiger partial charge in [-0.05, 0) is 44.7 Å². The summed E-state index contributed by atoms with van der Waals surface area (Å²) in [6.07, 6.45) is 6.89. The average Bonchev–Trinajstić information content (AvgIpc) is 2.24. The van der Waals surface area contributed by atoms with Crippen molar-refractivity contribution in [2.24, 2.45) is 11.8 Å². The van der Waals surface area contributed by atoms with Crippen molar-refractivity contribution in [2.45, 2.75) is 45.4 Å². The quantitative estimate of drug-likeness (QED) is 0.722. The molecule has 1 amide bonds. The topological polar surface area (TPSA) is 41.1 Å². The third kappa shape index (κ3) is 7.61. The maximum absolute atomic E-state index is 11.6. The molecule has 0 spiro atoms. The molecule has 0 radical (unpaired) electrons. The van der Waals surface area contributed by atoms with Gasteiger partial charge in [0.25, 0.3) is 0 Å². The molecule has 2 unspecified atom stereocenters. The zero-order valence-electron chi connectivity index (χ0n) is 11.1. The van der Waals surface area contributed by atoms with Gasteiger partial charge in [-0.25, -0.2) is 0 Å². The summed E-state index contributed by atoms with van der Waals surface area (Å²) in [5.41, 5.74) is 0. The van der Waals surface area contributed by atoms with E-state index < -0.39 is 0 Å². The number of rotatable bonds is 6. The zero-order valence-corrected chi connectivity index (χ0v) is 11.9. The first kappa shape index (κ1) is 16.7. The van der Waals surface area contributed by atoms with Crippen LogP contribution < -0.4 is 10.6 Å². The molecule has 1 aliphatic rings. The highest BCUT2D eigenvalue weighted by atomic mass is 35.5. The molecular weight excluding hydrogens is 236 g/mol. The van der Waals surface area contributed by atoms with E-state index in [-0.39, 0.29) is 18.3 Å². The summed E-state index contributed by atoms with van der Waals surface area (Å²) in [7, 11) is 1.94. The van der Waals surface area contributed by atoms with Crippen LogP contribution in [0, 0.1) is 11.8 Å². The smallest absolute Gasteiger partial charge is 0.220 e. The predicted molar refractivity (Wildman–Crippen MR) is 74.5 cm³/mol. The second-order valence-corrected chi connectivity index (χ2v) is 5.15. The van der Waals surface area contributed by atoms with Crippen molar-refractivity contribution >= 4 is 18.3 Å². The zero-order chi connectivity index (χ0) is 11.8. The average molecular weight is 263 g/mol. The molecule has 3 nitrogen and oxygen atoms in total. The molecule has 1 rings (SSSR count). The van der Waals surface area contributed by atoms with E-state index >= 15 is 0 Å². The van der Waals surface area contributed by atoms with Gasteiger partial charge in [0.05, 0.1) is 0 Å². The number of carbonyl (C=O) groups is 1. The van der Waals surface area contributed by atoms with Crippen molar-refractivity contribution < 1.29 is 4.79 Å². The third-order valence-electron chi connectivity index (χ3n) is 3.44. The van der Waals surface area contributed by atoms with Gasteiger partial charge in [-0.15, -0.1) is 12.4 Å². The Kier molecular flexibility index (Phi) is 9.56. The Morgan fingerprint density at radius 2 is 2.06 bits per heavy atom. The maximum Gasteiger partial charge on any atom is 0.220 e. The minimum absolute atomic E-state index is 0. The first-order valence-corrected chi connectivity index (χ1v) is 6.63. The fourth-order valence-electron chi connectivity index (χ4n) is 2.57. The molecule has 1 saturated carbocycles. The maximum atomic E-state index is 11.6. The number of nitrogens with one attached hydrogen (secondary N) is 2. The lowest BCUT2D eigenvalue weighted by molar-refractivity contribution is -0.122. The van der Waals surface area contributed by atoms with Crippen LogP contribution in [0.15, 0.2) is 0 Å². The first-order chi connectivity index (χ1) is 7.72. The first-order valence-electron chi connectivity index (χ1n) is 6.63. The van der Waals surface area contributed by atoms with E-state index in [1.807, 2.05) is 7.05 Å². The van der Waals surface area contributed by atoms with Gasteiger partial charge in [0.2, 0.25) is 5.91 Å². The Morgan fingerprint density at radius 1 is 1.29 bits per heavy atom. The van der Waals surface area contributed by atoms with E-state index in [1.165, 1.54) is 25.7 Å². The lowest BCUT2D eigenvalue weighted by Gasteiger charge is -2.26. The van der Waals surface area contributed by atoms with Crippen LogP contribution in [0.3, 0.4) is 0 Å². The highest BCUT2D eigenvalue weighted by Gasteiger charge is 2.20. The second-order valence-electron chi connectivity index (χ2n) is 5.15. The van der Waals surface area contributed by atoms with E-state index in [1.54, 1.807) is 0 Å². The largest absolute Gasteiger partial charge is 0.356 e. The van der Waals surface area contributed by atoms with Crippen LogP contribution in [0.5, 0.6) is 0 Å². The molecule has 0 aromatic heterocycles. The van der Waals surface area contributed by atoms with Crippen LogP contribution in [-0.2, 0) is 4.79 Å². The van der Waals surface area contributed by atoms with Crippen LogP contribution in [0.2, 0.25) is 0 Å². The lowest BCUT2D eigenvalue weighted by atomic mass is 9.81. The van der Waals surface area contributed by atoms with Gasteiger partial charge in [-0.3, -0.25) is 4.79 Å². The summed E-state index contributed by atoms with van der Waals surface area (Å²) in [4.78, 5) is 11.6. The van der Waals surface area contributed by atoms with Crippen molar-refractivity contribution in [3.8, 4) is 0 Å². The Morgan fingerprint density at radius 3 is 2.71 bits per heavy atom. The van der Waals surface area contributed by atoms with Crippen molar-refractivity contribution in [3.05, 3.63) is 0 Å². The van der Waals surface area contributed by atoms with Gasteiger partial charge in [0, 0.05) is 13.0 Å². The Bertz CT molecular complexity index is 212. The molecule has 0 aromatic rings. The molecule has 1 aliphatic carbocycles. The van der Waals surface area contributed by atoms with E-state index in [4.69, 9.17) is 0 Å². The van der Waals surface area contributed by atoms with Gasteiger partial charge >= 0.3 is 0 Å². The van der Waals surface area contributed by atoms with Crippen molar-refractivity contribution in [1.29, 1.82) is 0 Å². The molecule has 0 aliphatic heterocycles. The molecule has 0 saturated heterocycles. The Labute approximate surface area is 112 Å². The second kappa shape index (κ2) is 9.72. The summed E-state index contributed by atoms with van der Waals surface area (Å²) in [5.74, 6) is 1.69. The van der Waals surface area contributed by atoms with Gasteiger partial charge < -0.3 is 10.6 Å². The van der Waals surface area contributed by atoms with Crippen LogP contribution >= 0.6 is 12.4 Å². The van der Waals surface area contributed by atoms with E-state index in [9.17, 15) is 4.79 Å². The number of halogens is 1. The molecule has 0 aromatic carbocycles. The van der Waals surface area contributed by atoms with Gasteiger partial charge in [-0.1, -0.05) is 19.8 Å². The normalized spacial score (nSPS) is 23.9. The highest BCUT2D eigenvalue weighted by Crippen LogP contribution is 2.30. The summed E-state index contributed by atoms with van der Waals surface area (Å²) in [6.45, 7) is 4.08. The van der Waals surface area contributed by atoms with Crippen molar-refractivity contribution in [1.82, 2.24) is 10.6 Å². The number of amides is 1. The molecule has 102 valence electrons. The molecule has 4 heteroatoms. The molecule has 0 bridgehead atoms. The van der Waals surface area contributed by atoms with Crippen LogP contribution in [-0.4, -0.2) is 26.0 Å². The number of carbonyl (C=O) groups excluding carboxylic acids is 1. The molecule has 17 heavy (non-hydrogen) atoms. The minimum atomic E-state index is 0. The van der Waals surface area contributed by atoms with Crippen molar-refractivity contribution in [2.75, 3.05) is 20.1 Å². The monoisotopic (exact) mass is 262 g/mol. The number of hydrogen-bond acceptors (Lipinski definition) is 2. The van der Waals surface area contributed by atoms with Gasteiger partial charge in [-0.2, -0.15) is 0 Å². The number of hydrogen-bond donors (Lipinski definition) is 2. The highest BCUT2D eigenvalue weighted by molar-refractivity contribution is 5.85. The fourth-order valence-corrected chi connectivity index (χ4v) is 2.57. The molecule has 1 fully saturated rings. The summed E-state index contributed by atoms with van der Waals surface area (Å²) in [5, 5.41) is 6.08. The van der Waals surface area contributed by atoms with Crippen LogP contribution in [0.25, 0.3) is 0 Å². The van der Waals surface area contributed by atoms with Crippen LogP contribution in [0.1, 0.15) is 45.4 Å². The third-order valence-corrected chi connectivity index (χ3v) is 3.44. The lowest BCUT2D eigenvalue weighted by Crippen LogP contribution is -2.29.